The molecule has 0 aliphatic carbocycles. The third-order valence-corrected chi connectivity index (χ3v) is 1.67. The number of amides is 1. The molecule has 16 heavy (non-hydrogen) atoms. The van der Waals surface area contributed by atoms with Crippen molar-refractivity contribution in [3.63, 3.8) is 0 Å². The number of hydrogen-bond donors (Lipinski definition) is 3. The van der Waals surface area contributed by atoms with Gasteiger partial charge in [0.2, 0.25) is 17.7 Å². The van der Waals surface area contributed by atoms with E-state index >= 15 is 0 Å². The van der Waals surface area contributed by atoms with Crippen molar-refractivity contribution in [1.82, 2.24) is 20.2 Å². The van der Waals surface area contributed by atoms with E-state index in [1.807, 2.05) is 0 Å². The second-order valence-corrected chi connectivity index (χ2v) is 2.84. The molecule has 2 aromatic rings. The lowest BCUT2D eigenvalue weighted by Crippen LogP contribution is -2.15. The highest BCUT2D eigenvalue weighted by molar-refractivity contribution is 6.00. The summed E-state index contributed by atoms with van der Waals surface area (Å²) < 4.78 is 12.7. The zero-order valence-electron chi connectivity index (χ0n) is 7.94. The molecular formula is C8H7FN6O. The Labute approximate surface area is 88.9 Å². The number of pyridine rings is 1. The summed E-state index contributed by atoms with van der Waals surface area (Å²) >= 11 is 0. The lowest BCUT2D eigenvalue weighted by molar-refractivity contribution is 0.101. The van der Waals surface area contributed by atoms with E-state index in [9.17, 15) is 9.18 Å². The Kier molecular flexibility index (Phi) is 2.46. The maximum absolute atomic E-state index is 12.7. The second kappa shape index (κ2) is 3.93. The summed E-state index contributed by atoms with van der Waals surface area (Å²) in [7, 11) is 0. The Morgan fingerprint density at radius 1 is 1.44 bits per heavy atom. The number of carbonyl (C=O) groups excluding carboxylic acids is 1. The van der Waals surface area contributed by atoms with Crippen molar-refractivity contribution in [3.8, 4) is 0 Å². The molecule has 0 unspecified atom stereocenters. The number of nitrogens with one attached hydrogen (secondary N) is 2. The van der Waals surface area contributed by atoms with Crippen molar-refractivity contribution in [1.29, 1.82) is 0 Å². The number of nitrogens with zero attached hydrogens (tertiary/aromatic N) is 3. The number of aromatic nitrogens is 4. The fourth-order valence-corrected chi connectivity index (χ4v) is 1.03. The molecule has 82 valence electrons. The molecule has 2 rings (SSSR count). The summed E-state index contributed by atoms with van der Waals surface area (Å²) in [5, 5.41) is 8.14. The van der Waals surface area contributed by atoms with Gasteiger partial charge in [-0.3, -0.25) is 9.89 Å². The van der Waals surface area contributed by atoms with Gasteiger partial charge in [0.25, 0.3) is 5.91 Å². The fourth-order valence-electron chi connectivity index (χ4n) is 1.03. The van der Waals surface area contributed by atoms with Crippen LogP contribution in [0.15, 0.2) is 18.2 Å². The van der Waals surface area contributed by atoms with Gasteiger partial charge in [0, 0.05) is 0 Å². The monoisotopic (exact) mass is 222 g/mol. The molecule has 0 aromatic carbocycles. The smallest absolute Gasteiger partial charge is 0.294 e. The standard InChI is InChI=1S/C8H7FN6O/c9-4-2-1-3-5(11-4)12-7(16)6-13-8(10)15-14-6/h1-3H,(H,11,12,16)(H3,10,13,14,15). The Hall–Kier alpha value is -2.51. The molecular weight excluding hydrogens is 215 g/mol. The Morgan fingerprint density at radius 3 is 2.88 bits per heavy atom. The molecule has 0 saturated heterocycles. The van der Waals surface area contributed by atoms with Gasteiger partial charge in [-0.15, -0.1) is 5.10 Å². The van der Waals surface area contributed by atoms with Crippen LogP contribution in [0.2, 0.25) is 0 Å². The number of carbonyl (C=O) groups is 1. The predicted octanol–water partition coefficient (Wildman–Crippen LogP) is 0.173. The van der Waals surface area contributed by atoms with Crippen LogP contribution in [0.5, 0.6) is 0 Å². The first kappa shape index (κ1) is 10.0. The minimum Gasteiger partial charge on any atom is -0.366 e. The molecule has 0 aliphatic rings. The van der Waals surface area contributed by atoms with E-state index < -0.39 is 11.9 Å². The van der Waals surface area contributed by atoms with Crippen LogP contribution < -0.4 is 11.1 Å². The zero-order chi connectivity index (χ0) is 11.5. The number of anilines is 2. The van der Waals surface area contributed by atoms with Crippen LogP contribution in [0.3, 0.4) is 0 Å². The first-order valence-corrected chi connectivity index (χ1v) is 4.27. The van der Waals surface area contributed by atoms with Crippen LogP contribution in [-0.4, -0.2) is 26.1 Å². The number of hydrogen-bond acceptors (Lipinski definition) is 5. The van der Waals surface area contributed by atoms with Crippen molar-refractivity contribution in [2.75, 3.05) is 11.1 Å². The lowest BCUT2D eigenvalue weighted by atomic mass is 10.4. The van der Waals surface area contributed by atoms with Gasteiger partial charge in [-0.25, -0.2) is 4.98 Å². The maximum Gasteiger partial charge on any atom is 0.294 e. The molecule has 0 atom stereocenters. The van der Waals surface area contributed by atoms with Crippen LogP contribution in [-0.2, 0) is 0 Å². The van der Waals surface area contributed by atoms with Crippen LogP contribution in [0.1, 0.15) is 10.6 Å². The van der Waals surface area contributed by atoms with E-state index in [-0.39, 0.29) is 17.6 Å². The molecule has 0 fully saturated rings. The SMILES string of the molecule is Nc1n[nH]c(C(=O)Nc2cccc(F)n2)n1. The van der Waals surface area contributed by atoms with Gasteiger partial charge in [0.1, 0.15) is 5.82 Å². The molecule has 7 nitrogen and oxygen atoms in total. The number of nitrogens with two attached hydrogens (primary N) is 1. The summed E-state index contributed by atoms with van der Waals surface area (Å²) in [5.74, 6) is -1.31. The summed E-state index contributed by atoms with van der Waals surface area (Å²) in [6.45, 7) is 0. The fraction of sp³-hybridized carbons (Fsp3) is 0. The van der Waals surface area contributed by atoms with Gasteiger partial charge in [-0.2, -0.15) is 9.37 Å². The minimum atomic E-state index is -0.685. The summed E-state index contributed by atoms with van der Waals surface area (Å²) in [6, 6.07) is 4.04. The molecule has 0 radical (unpaired) electrons. The van der Waals surface area contributed by atoms with Crippen molar-refractivity contribution in [3.05, 3.63) is 30.0 Å². The number of nitrogen functional groups attached to an aromatic ring is 1. The van der Waals surface area contributed by atoms with Gasteiger partial charge in [-0.1, -0.05) is 6.07 Å². The third kappa shape index (κ3) is 2.11. The molecule has 0 spiro atoms. The highest BCUT2D eigenvalue weighted by atomic mass is 19.1. The van der Waals surface area contributed by atoms with Crippen molar-refractivity contribution in [2.45, 2.75) is 0 Å². The summed E-state index contributed by atoms with van der Waals surface area (Å²) in [4.78, 5) is 18.5. The molecule has 1 amide bonds. The highest BCUT2D eigenvalue weighted by Gasteiger charge is 2.11. The first-order valence-electron chi connectivity index (χ1n) is 4.27. The van der Waals surface area contributed by atoms with Gasteiger partial charge in [0.15, 0.2) is 0 Å². The van der Waals surface area contributed by atoms with Crippen LogP contribution >= 0.6 is 0 Å². The molecule has 2 aromatic heterocycles. The van der Waals surface area contributed by atoms with Gasteiger partial charge in [0.05, 0.1) is 0 Å². The van der Waals surface area contributed by atoms with Crippen molar-refractivity contribution >= 4 is 17.7 Å². The molecule has 0 aliphatic heterocycles. The van der Waals surface area contributed by atoms with Crippen molar-refractivity contribution < 1.29 is 9.18 Å². The van der Waals surface area contributed by atoms with E-state index in [0.29, 0.717) is 0 Å². The normalized spacial score (nSPS) is 10.1. The molecule has 0 bridgehead atoms. The Morgan fingerprint density at radius 2 is 2.25 bits per heavy atom. The van der Waals surface area contributed by atoms with E-state index in [2.05, 4.69) is 25.5 Å². The molecule has 2 heterocycles. The Balaban J connectivity index is 2.13. The largest absolute Gasteiger partial charge is 0.366 e. The molecule has 8 heteroatoms. The Bertz CT molecular complexity index is 525. The summed E-state index contributed by atoms with van der Waals surface area (Å²) in [6.07, 6.45) is 0. The van der Waals surface area contributed by atoms with E-state index in [0.717, 1.165) is 0 Å². The van der Waals surface area contributed by atoms with Crippen LogP contribution in [0, 0.1) is 5.95 Å². The zero-order valence-corrected chi connectivity index (χ0v) is 7.94. The first-order chi connectivity index (χ1) is 7.65. The maximum atomic E-state index is 12.7. The molecule has 4 N–H and O–H groups in total. The second-order valence-electron chi connectivity index (χ2n) is 2.84. The minimum absolute atomic E-state index is 0.0441. The van der Waals surface area contributed by atoms with Gasteiger partial charge >= 0.3 is 0 Å². The van der Waals surface area contributed by atoms with Crippen molar-refractivity contribution in [2.24, 2.45) is 0 Å². The number of rotatable bonds is 2. The number of aromatic amines is 1. The lowest BCUT2D eigenvalue weighted by Gasteiger charge is -2.00. The summed E-state index contributed by atoms with van der Waals surface area (Å²) in [5.41, 5.74) is 5.22. The van der Waals surface area contributed by atoms with Crippen LogP contribution in [0.25, 0.3) is 0 Å². The van der Waals surface area contributed by atoms with E-state index in [1.54, 1.807) is 0 Å². The molecule has 0 saturated carbocycles. The quantitative estimate of drug-likeness (QED) is 0.627. The average molecular weight is 222 g/mol. The predicted molar refractivity (Wildman–Crippen MR) is 52.9 cm³/mol. The van der Waals surface area contributed by atoms with E-state index in [4.69, 9.17) is 5.73 Å². The third-order valence-electron chi connectivity index (χ3n) is 1.67. The van der Waals surface area contributed by atoms with Crippen LogP contribution in [0.4, 0.5) is 16.2 Å². The number of H-pyrrole nitrogens is 1. The highest BCUT2D eigenvalue weighted by Crippen LogP contribution is 2.05. The average Bonchev–Trinajstić information content (AvgIpc) is 2.65. The number of halogens is 1. The van der Waals surface area contributed by atoms with Gasteiger partial charge < -0.3 is 11.1 Å². The topological polar surface area (TPSA) is 110 Å². The van der Waals surface area contributed by atoms with Gasteiger partial charge in [-0.05, 0) is 12.1 Å². The van der Waals surface area contributed by atoms with E-state index in [1.165, 1.54) is 18.2 Å².